The van der Waals surface area contributed by atoms with E-state index in [1.54, 1.807) is 19.5 Å². The van der Waals surface area contributed by atoms with Gasteiger partial charge in [-0.3, -0.25) is 9.78 Å². The Morgan fingerprint density at radius 3 is 2.86 bits per heavy atom. The summed E-state index contributed by atoms with van der Waals surface area (Å²) in [5, 5.41) is 4.08. The van der Waals surface area contributed by atoms with Gasteiger partial charge in [0.25, 0.3) is 5.91 Å². The van der Waals surface area contributed by atoms with Crippen molar-refractivity contribution in [1.82, 2.24) is 20.0 Å². The van der Waals surface area contributed by atoms with E-state index in [1.807, 2.05) is 42.2 Å². The number of rotatable bonds is 4. The smallest absolute Gasteiger partial charge is 0.254 e. The molecular formula is C21H22N4O3. The summed E-state index contributed by atoms with van der Waals surface area (Å²) in [6, 6.07) is 9.24. The van der Waals surface area contributed by atoms with Crippen molar-refractivity contribution in [3.8, 4) is 17.1 Å². The molecule has 0 bridgehead atoms. The van der Waals surface area contributed by atoms with E-state index in [0.29, 0.717) is 30.4 Å². The van der Waals surface area contributed by atoms with Crippen LogP contribution >= 0.6 is 0 Å². The highest BCUT2D eigenvalue weighted by molar-refractivity contribution is 5.96. The lowest BCUT2D eigenvalue weighted by atomic mass is 9.98. The largest absolute Gasteiger partial charge is 0.497 e. The zero-order valence-corrected chi connectivity index (χ0v) is 16.1. The van der Waals surface area contributed by atoms with E-state index in [-0.39, 0.29) is 17.7 Å². The zero-order valence-electron chi connectivity index (χ0n) is 16.1. The highest BCUT2D eigenvalue weighted by Crippen LogP contribution is 2.33. The van der Waals surface area contributed by atoms with Crippen molar-refractivity contribution in [3.05, 3.63) is 59.7 Å². The van der Waals surface area contributed by atoms with E-state index in [2.05, 4.69) is 22.0 Å². The van der Waals surface area contributed by atoms with Gasteiger partial charge in [0.1, 0.15) is 5.75 Å². The number of hydrogen-bond donors (Lipinski definition) is 0. The second-order valence-electron chi connectivity index (χ2n) is 7.17. The number of aryl methyl sites for hydroxylation is 1. The molecule has 1 fully saturated rings. The molecule has 0 N–H and O–H groups in total. The molecule has 0 saturated carbocycles. The van der Waals surface area contributed by atoms with Crippen molar-refractivity contribution in [2.45, 2.75) is 19.8 Å². The number of hydrogen-bond acceptors (Lipinski definition) is 6. The molecule has 7 heteroatoms. The fraction of sp³-hybridized carbons (Fsp3) is 0.333. The number of amides is 1. The van der Waals surface area contributed by atoms with Crippen LogP contribution in [0, 0.1) is 12.8 Å². The number of methoxy groups -OCH3 is 1. The van der Waals surface area contributed by atoms with E-state index in [9.17, 15) is 4.79 Å². The van der Waals surface area contributed by atoms with Crippen molar-refractivity contribution in [3.63, 3.8) is 0 Å². The molecule has 0 unspecified atom stereocenters. The molecule has 1 aliphatic rings. The molecule has 144 valence electrons. The molecule has 0 spiro atoms. The highest BCUT2D eigenvalue weighted by Gasteiger charge is 2.37. The van der Waals surface area contributed by atoms with Gasteiger partial charge in [-0.05, 0) is 48.7 Å². The highest BCUT2D eigenvalue weighted by atomic mass is 16.5. The van der Waals surface area contributed by atoms with Crippen molar-refractivity contribution < 1.29 is 14.1 Å². The van der Waals surface area contributed by atoms with Gasteiger partial charge in [-0.2, -0.15) is 4.98 Å². The average Bonchev–Trinajstić information content (AvgIpc) is 3.35. The molecule has 2 aromatic heterocycles. The molecule has 2 atom stereocenters. The fourth-order valence-corrected chi connectivity index (χ4v) is 3.63. The average molecular weight is 378 g/mol. The Morgan fingerprint density at radius 2 is 2.14 bits per heavy atom. The Morgan fingerprint density at radius 1 is 1.29 bits per heavy atom. The van der Waals surface area contributed by atoms with Crippen LogP contribution in [-0.2, 0) is 0 Å². The second kappa shape index (κ2) is 7.42. The topological polar surface area (TPSA) is 81.4 Å². The number of ether oxygens (including phenoxy) is 1. The van der Waals surface area contributed by atoms with Gasteiger partial charge >= 0.3 is 0 Å². The summed E-state index contributed by atoms with van der Waals surface area (Å²) in [6.45, 7) is 5.23. The monoisotopic (exact) mass is 378 g/mol. The predicted octanol–water partition coefficient (Wildman–Crippen LogP) is 3.32. The maximum Gasteiger partial charge on any atom is 0.254 e. The second-order valence-corrected chi connectivity index (χ2v) is 7.17. The normalized spacial score (nSPS) is 19.0. The van der Waals surface area contributed by atoms with Crippen LogP contribution in [0.2, 0.25) is 0 Å². The predicted molar refractivity (Wildman–Crippen MR) is 103 cm³/mol. The van der Waals surface area contributed by atoms with Crippen LogP contribution < -0.4 is 4.74 Å². The number of carbonyl (C=O) groups excluding carboxylic acids is 1. The van der Waals surface area contributed by atoms with E-state index < -0.39 is 0 Å². The summed E-state index contributed by atoms with van der Waals surface area (Å²) < 4.78 is 10.7. The molecule has 7 nitrogen and oxygen atoms in total. The van der Waals surface area contributed by atoms with E-state index in [1.165, 1.54) is 0 Å². The van der Waals surface area contributed by atoms with Crippen molar-refractivity contribution >= 4 is 5.91 Å². The molecule has 0 aliphatic carbocycles. The van der Waals surface area contributed by atoms with Gasteiger partial charge in [-0.1, -0.05) is 12.1 Å². The maximum absolute atomic E-state index is 13.0. The van der Waals surface area contributed by atoms with Crippen LogP contribution in [0.1, 0.15) is 34.7 Å². The van der Waals surface area contributed by atoms with Gasteiger partial charge in [0.2, 0.25) is 11.7 Å². The molecule has 3 aromatic rings. The Kier molecular flexibility index (Phi) is 4.81. The van der Waals surface area contributed by atoms with Gasteiger partial charge in [0.05, 0.1) is 13.0 Å². The Bertz CT molecular complexity index is 986. The zero-order chi connectivity index (χ0) is 19.7. The SMILES string of the molecule is COc1ccc(C(=O)N2C[C@H](c3nc(-c4cccnc4)no3)[C@@H](C)C2)c(C)c1. The molecule has 1 aromatic carbocycles. The number of carbonyl (C=O) groups is 1. The minimum atomic E-state index is 0.0143. The van der Waals surface area contributed by atoms with Crippen LogP contribution in [0.4, 0.5) is 0 Å². The molecule has 3 heterocycles. The Labute approximate surface area is 163 Å². The van der Waals surface area contributed by atoms with Crippen molar-refractivity contribution in [2.24, 2.45) is 5.92 Å². The van der Waals surface area contributed by atoms with Gasteiger partial charge in [0, 0.05) is 36.6 Å². The lowest BCUT2D eigenvalue weighted by Crippen LogP contribution is -2.29. The summed E-state index contributed by atoms with van der Waals surface area (Å²) in [5.74, 6) is 2.08. The van der Waals surface area contributed by atoms with Crippen molar-refractivity contribution in [2.75, 3.05) is 20.2 Å². The van der Waals surface area contributed by atoms with Gasteiger partial charge in [0.15, 0.2) is 0 Å². The van der Waals surface area contributed by atoms with E-state index in [4.69, 9.17) is 9.26 Å². The minimum Gasteiger partial charge on any atom is -0.497 e. The molecular weight excluding hydrogens is 356 g/mol. The fourth-order valence-electron chi connectivity index (χ4n) is 3.63. The molecule has 1 saturated heterocycles. The third-order valence-corrected chi connectivity index (χ3v) is 5.24. The lowest BCUT2D eigenvalue weighted by molar-refractivity contribution is 0.0785. The first-order chi connectivity index (χ1) is 13.6. The standard InChI is InChI=1S/C21H22N4O3/c1-13-9-16(27-3)6-7-17(13)21(26)25-11-14(2)18(12-25)20-23-19(24-28-20)15-5-4-8-22-10-15/h4-10,14,18H,11-12H2,1-3H3/t14-,18-/m0/s1. The Hall–Kier alpha value is -3.22. The number of pyridine rings is 1. The van der Waals surface area contributed by atoms with Crippen LogP contribution in [0.15, 0.2) is 47.2 Å². The summed E-state index contributed by atoms with van der Waals surface area (Å²) in [4.78, 5) is 23.5. The maximum atomic E-state index is 13.0. The first-order valence-electron chi connectivity index (χ1n) is 9.24. The number of aromatic nitrogens is 3. The van der Waals surface area contributed by atoms with Gasteiger partial charge in [-0.15, -0.1) is 0 Å². The number of likely N-dealkylation sites (tertiary alicyclic amines) is 1. The Balaban J connectivity index is 1.52. The molecule has 1 amide bonds. The van der Waals surface area contributed by atoms with Crippen LogP contribution in [0.3, 0.4) is 0 Å². The first kappa shape index (κ1) is 18.2. The molecule has 4 rings (SSSR count). The minimum absolute atomic E-state index is 0.0143. The number of nitrogens with zero attached hydrogens (tertiary/aromatic N) is 4. The summed E-state index contributed by atoms with van der Waals surface area (Å²) in [6.07, 6.45) is 3.41. The molecule has 1 aliphatic heterocycles. The van der Waals surface area contributed by atoms with Crippen molar-refractivity contribution in [1.29, 1.82) is 0 Å². The molecule has 28 heavy (non-hydrogen) atoms. The quantitative estimate of drug-likeness (QED) is 0.693. The third-order valence-electron chi connectivity index (χ3n) is 5.24. The summed E-state index contributed by atoms with van der Waals surface area (Å²) in [7, 11) is 1.62. The third kappa shape index (κ3) is 3.35. The first-order valence-corrected chi connectivity index (χ1v) is 9.24. The van der Waals surface area contributed by atoms with Crippen LogP contribution in [0.5, 0.6) is 5.75 Å². The number of benzene rings is 1. The van der Waals surface area contributed by atoms with Crippen LogP contribution in [0.25, 0.3) is 11.4 Å². The molecule has 0 radical (unpaired) electrons. The van der Waals surface area contributed by atoms with E-state index in [0.717, 1.165) is 16.9 Å². The van der Waals surface area contributed by atoms with Crippen LogP contribution in [-0.4, -0.2) is 46.1 Å². The summed E-state index contributed by atoms with van der Waals surface area (Å²) >= 11 is 0. The summed E-state index contributed by atoms with van der Waals surface area (Å²) in [5.41, 5.74) is 2.40. The van der Waals surface area contributed by atoms with Gasteiger partial charge in [-0.25, -0.2) is 0 Å². The van der Waals surface area contributed by atoms with E-state index >= 15 is 0 Å². The van der Waals surface area contributed by atoms with Gasteiger partial charge < -0.3 is 14.2 Å². The lowest BCUT2D eigenvalue weighted by Gasteiger charge is -2.17.